The quantitative estimate of drug-likeness (QED) is 0.0149. The van der Waals surface area contributed by atoms with Crippen molar-refractivity contribution in [1.82, 2.24) is 26.1 Å². The average molecular weight is 1330 g/mol. The summed E-state index contributed by atoms with van der Waals surface area (Å²) in [5.74, 6) is -2.81. The Morgan fingerprint density at radius 1 is 0.564 bits per heavy atom. The lowest BCUT2D eigenvalue weighted by Gasteiger charge is -2.35. The van der Waals surface area contributed by atoms with Crippen molar-refractivity contribution in [3.8, 4) is 51.7 Å². The number of para-hydroxylation sites is 2. The van der Waals surface area contributed by atoms with Crippen molar-refractivity contribution in [3.05, 3.63) is 237 Å². The van der Waals surface area contributed by atoms with Gasteiger partial charge in [0.2, 0.25) is 5.78 Å². The summed E-state index contributed by atoms with van der Waals surface area (Å²) in [6, 6.07) is 48.0. The number of amides is 2. The molecule has 3 heterocycles. The average Bonchev–Trinajstić information content (AvgIpc) is 0.851. The second-order valence-corrected chi connectivity index (χ2v) is 22.3. The number of rotatable bonds is 15. The fourth-order valence-electron chi connectivity index (χ4n) is 9.09. The Morgan fingerprint density at radius 3 is 1.63 bits per heavy atom. The van der Waals surface area contributed by atoms with Crippen molar-refractivity contribution in [2.24, 2.45) is 20.4 Å². The lowest BCUT2D eigenvalue weighted by atomic mass is 9.85. The van der Waals surface area contributed by atoms with E-state index in [1.54, 1.807) is 36.8 Å². The second-order valence-electron chi connectivity index (χ2n) is 21.4. The summed E-state index contributed by atoms with van der Waals surface area (Å²) < 4.78 is 6.30. The van der Waals surface area contributed by atoms with E-state index in [9.17, 15) is 55.2 Å². The highest BCUT2D eigenvalue weighted by atomic mass is 79.9. The molecule has 1 aliphatic rings. The largest absolute Gasteiger partial charge is 0.508 e. The third-order valence-electron chi connectivity index (χ3n) is 13.5. The van der Waals surface area contributed by atoms with Gasteiger partial charge in [0.15, 0.2) is 41.1 Å². The fourth-order valence-corrected chi connectivity index (χ4v) is 9.88. The number of aromatic hydroxyl groups is 8. The molecule has 478 valence electrons. The Labute approximate surface area is 547 Å². The van der Waals surface area contributed by atoms with E-state index in [0.717, 1.165) is 66.3 Å². The first-order chi connectivity index (χ1) is 45.1. The SMILES string of the molecule is CC1(C)Cc2ccccc2/C(=C/C(=O)C(=O)N/N=C/c2ccc(O)c(O)c2)N1.Cc1cc(C)c(OCC(=O)N/N=C/c2ccc(O)c(O)c2)c(Br)c1.Oc1ccc(/C=N/Nc2cccc3cccnc23)c(O)c1.Oc1ccc(/C=N/Nc2cccc3cccnc23)cc1O. The van der Waals surface area contributed by atoms with Crippen molar-refractivity contribution in [3.63, 3.8) is 0 Å². The minimum absolute atomic E-state index is 0.0101. The predicted octanol–water partition coefficient (Wildman–Crippen LogP) is 11.3. The molecule has 0 fully saturated rings. The van der Waals surface area contributed by atoms with Crippen LogP contribution in [0.4, 0.5) is 11.4 Å². The number of phenolic OH excluding ortho intramolecular Hbond substituents is 8. The van der Waals surface area contributed by atoms with Crippen LogP contribution in [0, 0.1) is 13.8 Å². The molecule has 1 aliphatic heterocycles. The number of nitrogens with zero attached hydrogens (tertiary/aromatic N) is 6. The topological polar surface area (TPSA) is 358 Å². The number of anilines is 2. The number of fused-ring (bicyclic) bond motifs is 3. The molecule has 0 saturated heterocycles. The number of aryl methyl sites for hydroxylation is 2. The van der Waals surface area contributed by atoms with Crippen LogP contribution < -0.4 is 31.8 Å². The summed E-state index contributed by atoms with van der Waals surface area (Å²) in [5, 5.41) is 95.9. The van der Waals surface area contributed by atoms with Crippen LogP contribution in [0.15, 0.2) is 213 Å². The van der Waals surface area contributed by atoms with Crippen LogP contribution >= 0.6 is 15.9 Å². The molecule has 8 aromatic carbocycles. The number of ketones is 1. The maximum absolute atomic E-state index is 12.3. The fraction of sp³-hybridized carbons (Fsp3) is 0.100. The first-order valence-corrected chi connectivity index (χ1v) is 29.4. The second kappa shape index (κ2) is 31.9. The molecule has 0 unspecified atom stereocenters. The number of pyridine rings is 2. The van der Waals surface area contributed by atoms with Gasteiger partial charge >= 0.3 is 5.91 Å². The highest BCUT2D eigenvalue weighted by Crippen LogP contribution is 2.32. The zero-order chi connectivity index (χ0) is 67.3. The van der Waals surface area contributed by atoms with E-state index in [-0.39, 0.29) is 58.1 Å². The molecule has 11 rings (SSSR count). The Kier molecular flexibility index (Phi) is 23.0. The molecule has 0 bridgehead atoms. The zero-order valence-electron chi connectivity index (χ0n) is 50.9. The van der Waals surface area contributed by atoms with Crippen LogP contribution in [0.3, 0.4) is 0 Å². The molecule has 94 heavy (non-hydrogen) atoms. The standard InChI is InChI=1S/C21H21N3O4.C17H17BrN2O4.2C16H13N3O2/c1-21(2)11-14-5-3-4-6-15(14)16(23-21)10-19(27)20(28)24-22-12-13-7-8-17(25)18(26)9-13;1-10-5-11(2)17(13(18)6-10)24-9-16(23)20-19-8-12-3-4-14(21)15(22)7-12;20-14-7-6-11(9-15(14)21)10-18-19-13-5-1-3-12-4-2-8-17-16(12)13;20-13-7-6-12(15(21)9-13)10-18-19-14-5-1-3-11-4-2-8-17-16(11)14/h3-10,12,23,25-26H,11H2,1-2H3,(H,24,28);3-8,21-22H,9H2,1-2H3,(H,20,23);2*1-10,19-21H/b16-10-,22-12+;19-8+;2*18-10+. The number of carbonyl (C=O) groups excluding carboxylic acids is 3. The molecule has 13 N–H and O–H groups in total. The van der Waals surface area contributed by atoms with Crippen molar-refractivity contribution in [2.75, 3.05) is 17.5 Å². The van der Waals surface area contributed by atoms with Gasteiger partial charge in [-0.15, -0.1) is 0 Å². The lowest BCUT2D eigenvalue weighted by molar-refractivity contribution is -0.135. The van der Waals surface area contributed by atoms with E-state index in [2.05, 4.69) is 73.3 Å². The van der Waals surface area contributed by atoms with Gasteiger partial charge in [-0.3, -0.25) is 35.2 Å². The van der Waals surface area contributed by atoms with E-state index in [1.807, 2.05) is 125 Å². The summed E-state index contributed by atoms with van der Waals surface area (Å²) in [7, 11) is 0. The summed E-state index contributed by atoms with van der Waals surface area (Å²) in [6.45, 7) is 7.75. The van der Waals surface area contributed by atoms with Gasteiger partial charge in [0.1, 0.15) is 17.2 Å². The maximum Gasteiger partial charge on any atom is 0.311 e. The van der Waals surface area contributed by atoms with E-state index >= 15 is 0 Å². The molecule has 0 radical (unpaired) electrons. The number of phenols is 8. The van der Waals surface area contributed by atoms with Crippen LogP contribution in [0.2, 0.25) is 0 Å². The van der Waals surface area contributed by atoms with Crippen LogP contribution in [-0.4, -0.2) is 105 Å². The molecule has 2 amide bonds. The molecule has 0 saturated carbocycles. The third kappa shape index (κ3) is 19.4. The van der Waals surface area contributed by atoms with Crippen LogP contribution in [0.25, 0.3) is 27.5 Å². The normalized spacial score (nSPS) is 12.6. The van der Waals surface area contributed by atoms with E-state index in [1.165, 1.54) is 79.3 Å². The minimum Gasteiger partial charge on any atom is -0.508 e. The number of benzene rings is 8. The van der Waals surface area contributed by atoms with Gasteiger partial charge in [-0.2, -0.15) is 20.4 Å². The predicted molar refractivity (Wildman–Crippen MR) is 366 cm³/mol. The lowest BCUT2D eigenvalue weighted by Crippen LogP contribution is -2.44. The van der Waals surface area contributed by atoms with Gasteiger partial charge in [0, 0.05) is 57.7 Å². The van der Waals surface area contributed by atoms with Gasteiger partial charge in [0.25, 0.3) is 5.91 Å². The number of hydrogen-bond donors (Lipinski definition) is 13. The van der Waals surface area contributed by atoms with E-state index in [4.69, 9.17) is 4.74 Å². The van der Waals surface area contributed by atoms with Gasteiger partial charge < -0.3 is 50.9 Å². The molecule has 24 heteroatoms. The summed E-state index contributed by atoms with van der Waals surface area (Å²) in [5.41, 5.74) is 20.1. The Balaban J connectivity index is 0.000000162. The number of ether oxygens (including phenoxy) is 1. The number of hydrazone groups is 4. The molecule has 10 aromatic rings. The van der Waals surface area contributed by atoms with Gasteiger partial charge in [-0.25, -0.2) is 10.9 Å². The molecular weight excluding hydrogens is 1270 g/mol. The number of hydrogen-bond acceptors (Lipinski definition) is 21. The first-order valence-electron chi connectivity index (χ1n) is 28.6. The summed E-state index contributed by atoms with van der Waals surface area (Å²) in [6.07, 6.45) is 11.2. The molecular formula is C70H64BrN11O12. The smallest absolute Gasteiger partial charge is 0.311 e. The maximum atomic E-state index is 12.3. The van der Waals surface area contributed by atoms with Gasteiger partial charge in [-0.1, -0.05) is 66.7 Å². The molecule has 0 aliphatic carbocycles. The zero-order valence-corrected chi connectivity index (χ0v) is 52.5. The highest BCUT2D eigenvalue weighted by Gasteiger charge is 2.28. The number of aromatic nitrogens is 2. The van der Waals surface area contributed by atoms with Crippen LogP contribution in [0.5, 0.6) is 51.7 Å². The van der Waals surface area contributed by atoms with E-state index < -0.39 is 17.6 Å². The number of nitrogens with one attached hydrogen (secondary N) is 5. The summed E-state index contributed by atoms with van der Waals surface area (Å²) in [4.78, 5) is 44.8. The molecule has 2 aromatic heterocycles. The van der Waals surface area contributed by atoms with Crippen molar-refractivity contribution in [2.45, 2.75) is 39.7 Å². The third-order valence-corrected chi connectivity index (χ3v) is 14.1. The van der Waals surface area contributed by atoms with Gasteiger partial charge in [0.05, 0.1) is 51.7 Å². The Morgan fingerprint density at radius 2 is 1.09 bits per heavy atom. The van der Waals surface area contributed by atoms with E-state index in [0.29, 0.717) is 33.7 Å². The van der Waals surface area contributed by atoms with Crippen molar-refractivity contribution in [1.29, 1.82) is 0 Å². The number of carbonyl (C=O) groups is 3. The van der Waals surface area contributed by atoms with Gasteiger partial charge in [-0.05, 0) is 180 Å². The summed E-state index contributed by atoms with van der Waals surface area (Å²) >= 11 is 3.41. The first kappa shape index (κ1) is 67.6. The number of halogens is 1. The highest BCUT2D eigenvalue weighted by molar-refractivity contribution is 9.10. The van der Waals surface area contributed by atoms with Crippen molar-refractivity contribution < 1.29 is 60.0 Å². The Bertz CT molecular complexity index is 4520. The molecule has 23 nitrogen and oxygen atoms in total. The van der Waals surface area contributed by atoms with Crippen LogP contribution in [0.1, 0.15) is 58.4 Å². The van der Waals surface area contributed by atoms with Crippen molar-refractivity contribution >= 4 is 97.3 Å². The Hall–Kier alpha value is -12.3. The molecule has 0 spiro atoms. The monoisotopic (exact) mass is 1330 g/mol. The minimum atomic E-state index is -0.880. The molecule has 0 atom stereocenters. The van der Waals surface area contributed by atoms with Crippen LogP contribution in [-0.2, 0) is 20.8 Å².